The molecular weight excluding hydrogens is 274 g/mol. The van der Waals surface area contributed by atoms with Crippen molar-refractivity contribution in [3.63, 3.8) is 0 Å². The van der Waals surface area contributed by atoms with Crippen LogP contribution in [0.15, 0.2) is 0 Å². The van der Waals surface area contributed by atoms with Crippen LogP contribution in [-0.4, -0.2) is 54.6 Å². The molecule has 2 heterocycles. The van der Waals surface area contributed by atoms with Crippen LogP contribution in [0.1, 0.15) is 37.9 Å². The van der Waals surface area contributed by atoms with E-state index in [1.807, 2.05) is 0 Å². The van der Waals surface area contributed by atoms with Crippen molar-refractivity contribution in [2.24, 2.45) is 5.92 Å². The van der Waals surface area contributed by atoms with Crippen molar-refractivity contribution in [1.29, 1.82) is 0 Å². The third-order valence-electron chi connectivity index (χ3n) is 4.93. The van der Waals surface area contributed by atoms with Crippen molar-refractivity contribution < 1.29 is 0 Å². The molecule has 0 bridgehead atoms. The third kappa shape index (κ3) is 3.05. The van der Waals surface area contributed by atoms with Crippen LogP contribution >= 0.6 is 0 Å². The summed E-state index contributed by atoms with van der Waals surface area (Å²) >= 11 is 0. The zero-order valence-corrected chi connectivity index (χ0v) is 14.4. The van der Waals surface area contributed by atoms with Crippen molar-refractivity contribution in [1.82, 2.24) is 14.9 Å². The zero-order valence-electron chi connectivity index (χ0n) is 14.4. The summed E-state index contributed by atoms with van der Waals surface area (Å²) in [6, 6.07) is 0.630. The van der Waals surface area contributed by atoms with Crippen LogP contribution in [0.4, 0.5) is 11.8 Å². The minimum Gasteiger partial charge on any atom is -0.370 e. The Morgan fingerprint density at radius 3 is 2.73 bits per heavy atom. The Balaban J connectivity index is 1.83. The first-order valence-corrected chi connectivity index (χ1v) is 8.63. The van der Waals surface area contributed by atoms with Gasteiger partial charge in [0, 0.05) is 31.2 Å². The summed E-state index contributed by atoms with van der Waals surface area (Å²) in [5.41, 5.74) is 2.63. The van der Waals surface area contributed by atoms with Gasteiger partial charge in [0.25, 0.3) is 0 Å². The minimum absolute atomic E-state index is 0.630. The fraction of sp³-hybridized carbons (Fsp3) is 0.765. The number of rotatable bonds is 5. The third-order valence-corrected chi connectivity index (χ3v) is 4.93. The lowest BCUT2D eigenvalue weighted by atomic mass is 9.88. The van der Waals surface area contributed by atoms with E-state index in [1.54, 1.807) is 0 Å². The zero-order chi connectivity index (χ0) is 15.7. The van der Waals surface area contributed by atoms with Gasteiger partial charge in [0.05, 0.1) is 5.69 Å². The van der Waals surface area contributed by atoms with E-state index < -0.39 is 0 Å². The highest BCUT2D eigenvalue weighted by atomic mass is 15.4. The van der Waals surface area contributed by atoms with Crippen molar-refractivity contribution in [3.8, 4) is 0 Å². The molecule has 3 rings (SSSR count). The maximum atomic E-state index is 4.90. The van der Waals surface area contributed by atoms with E-state index >= 15 is 0 Å². The Morgan fingerprint density at radius 1 is 1.27 bits per heavy atom. The van der Waals surface area contributed by atoms with Crippen molar-refractivity contribution >= 4 is 11.8 Å². The molecule has 0 aromatic carbocycles. The molecule has 0 saturated carbocycles. The predicted octanol–water partition coefficient (Wildman–Crippen LogP) is 2.17. The molecule has 1 saturated heterocycles. The predicted molar refractivity (Wildman–Crippen MR) is 91.7 cm³/mol. The Morgan fingerprint density at radius 2 is 2.05 bits per heavy atom. The van der Waals surface area contributed by atoms with Crippen LogP contribution in [0.2, 0.25) is 0 Å². The fourth-order valence-electron chi connectivity index (χ4n) is 3.25. The van der Waals surface area contributed by atoms with Gasteiger partial charge < -0.3 is 15.1 Å². The van der Waals surface area contributed by atoms with Crippen LogP contribution in [0.25, 0.3) is 0 Å². The Kier molecular flexibility index (Phi) is 4.52. The van der Waals surface area contributed by atoms with Crippen LogP contribution in [-0.2, 0) is 12.8 Å². The molecule has 1 aliphatic carbocycles. The largest absolute Gasteiger partial charge is 0.370 e. The molecule has 1 N–H and O–H groups in total. The second kappa shape index (κ2) is 6.41. The molecule has 0 spiro atoms. The molecule has 5 nitrogen and oxygen atoms in total. The van der Waals surface area contributed by atoms with E-state index in [1.165, 1.54) is 17.7 Å². The molecule has 1 unspecified atom stereocenters. The van der Waals surface area contributed by atoms with Gasteiger partial charge in [-0.2, -0.15) is 4.98 Å². The van der Waals surface area contributed by atoms with E-state index in [0.717, 1.165) is 56.6 Å². The molecule has 1 aromatic heterocycles. The minimum atomic E-state index is 0.630. The topological polar surface area (TPSA) is 44.3 Å². The Hall–Kier alpha value is -1.36. The van der Waals surface area contributed by atoms with Gasteiger partial charge >= 0.3 is 0 Å². The number of anilines is 2. The van der Waals surface area contributed by atoms with Gasteiger partial charge in [0.2, 0.25) is 5.95 Å². The van der Waals surface area contributed by atoms with Crippen molar-refractivity contribution in [2.45, 2.75) is 45.6 Å². The quantitative estimate of drug-likeness (QED) is 0.903. The summed E-state index contributed by atoms with van der Waals surface area (Å²) < 4.78 is 0. The lowest BCUT2D eigenvalue weighted by Gasteiger charge is -2.43. The number of nitrogens with zero attached hydrogens (tertiary/aromatic N) is 4. The molecule has 1 aromatic rings. The van der Waals surface area contributed by atoms with Gasteiger partial charge in [-0.05, 0) is 45.7 Å². The van der Waals surface area contributed by atoms with Crippen LogP contribution < -0.4 is 10.2 Å². The summed E-state index contributed by atoms with van der Waals surface area (Å²) in [4.78, 5) is 14.3. The second-order valence-corrected chi connectivity index (χ2v) is 7.09. The SMILES string of the molecule is CCCNc1nc(N2CC(N(C)C)C2)nc2c1CCC(C)C2. The molecular formula is C17H29N5. The maximum Gasteiger partial charge on any atom is 0.227 e. The molecule has 0 amide bonds. The van der Waals surface area contributed by atoms with Crippen LogP contribution in [0.5, 0.6) is 0 Å². The average molecular weight is 303 g/mol. The van der Waals surface area contributed by atoms with E-state index in [2.05, 4.69) is 43.1 Å². The molecule has 22 heavy (non-hydrogen) atoms. The lowest BCUT2D eigenvalue weighted by molar-refractivity contribution is 0.245. The summed E-state index contributed by atoms with van der Waals surface area (Å²) in [6.45, 7) is 7.58. The Labute approximate surface area is 134 Å². The number of fused-ring (bicyclic) bond motifs is 1. The maximum absolute atomic E-state index is 4.90. The Bertz CT molecular complexity index is 522. The highest BCUT2D eigenvalue weighted by Gasteiger charge is 2.32. The normalized spacial score (nSPS) is 21.7. The van der Waals surface area contributed by atoms with Gasteiger partial charge in [0.15, 0.2) is 0 Å². The van der Waals surface area contributed by atoms with Crippen molar-refractivity contribution in [2.75, 3.05) is 43.9 Å². The summed E-state index contributed by atoms with van der Waals surface area (Å²) in [5, 5.41) is 3.53. The second-order valence-electron chi connectivity index (χ2n) is 7.09. The number of hydrogen-bond acceptors (Lipinski definition) is 5. The first-order chi connectivity index (χ1) is 10.6. The molecule has 0 radical (unpaired) electrons. The standard InChI is InChI=1S/C17H29N5/c1-5-8-18-16-14-7-6-12(2)9-15(14)19-17(20-16)22-10-13(11-22)21(3)4/h12-13H,5-11H2,1-4H3,(H,18,19,20). The summed E-state index contributed by atoms with van der Waals surface area (Å²) in [5.74, 6) is 2.74. The highest BCUT2D eigenvalue weighted by Crippen LogP contribution is 2.31. The fourth-order valence-corrected chi connectivity index (χ4v) is 3.25. The number of hydrogen-bond donors (Lipinski definition) is 1. The molecule has 5 heteroatoms. The molecule has 1 atom stereocenters. The van der Waals surface area contributed by atoms with Crippen LogP contribution in [0.3, 0.4) is 0 Å². The molecule has 122 valence electrons. The van der Waals surface area contributed by atoms with E-state index in [-0.39, 0.29) is 0 Å². The number of nitrogens with one attached hydrogen (secondary N) is 1. The van der Waals surface area contributed by atoms with Crippen molar-refractivity contribution in [3.05, 3.63) is 11.3 Å². The summed E-state index contributed by atoms with van der Waals surface area (Å²) in [6.07, 6.45) is 4.58. The summed E-state index contributed by atoms with van der Waals surface area (Å²) in [7, 11) is 4.29. The van der Waals surface area contributed by atoms with E-state index in [4.69, 9.17) is 9.97 Å². The number of likely N-dealkylation sites (N-methyl/N-ethyl adjacent to an activating group) is 1. The van der Waals surface area contributed by atoms with Gasteiger partial charge in [-0.3, -0.25) is 0 Å². The van der Waals surface area contributed by atoms with Gasteiger partial charge in [0.1, 0.15) is 5.82 Å². The highest BCUT2D eigenvalue weighted by molar-refractivity contribution is 5.53. The molecule has 1 aliphatic heterocycles. The first kappa shape index (κ1) is 15.5. The van der Waals surface area contributed by atoms with Crippen LogP contribution in [0, 0.1) is 5.92 Å². The van der Waals surface area contributed by atoms with Gasteiger partial charge in [-0.15, -0.1) is 0 Å². The van der Waals surface area contributed by atoms with Gasteiger partial charge in [-0.25, -0.2) is 4.98 Å². The smallest absolute Gasteiger partial charge is 0.227 e. The molecule has 1 fully saturated rings. The van der Waals surface area contributed by atoms with Gasteiger partial charge in [-0.1, -0.05) is 13.8 Å². The number of aromatic nitrogens is 2. The van der Waals surface area contributed by atoms with E-state index in [9.17, 15) is 0 Å². The molecule has 2 aliphatic rings. The lowest BCUT2D eigenvalue weighted by Crippen LogP contribution is -2.58. The average Bonchev–Trinajstić information content (AvgIpc) is 2.42. The first-order valence-electron chi connectivity index (χ1n) is 8.63. The van der Waals surface area contributed by atoms with E-state index in [0.29, 0.717) is 6.04 Å². The monoisotopic (exact) mass is 303 g/mol.